The van der Waals surface area contributed by atoms with E-state index in [0.29, 0.717) is 23.9 Å². The van der Waals surface area contributed by atoms with E-state index in [9.17, 15) is 19.5 Å². The van der Waals surface area contributed by atoms with Crippen LogP contribution in [0.2, 0.25) is 0 Å². The molecular weight excluding hydrogens is 498 g/mol. The zero-order chi connectivity index (χ0) is 26.9. The summed E-state index contributed by atoms with van der Waals surface area (Å²) >= 11 is 0. The molecule has 3 aliphatic rings. The molecule has 2 aliphatic heterocycles. The fraction of sp³-hybridized carbons (Fsp3) is 0.433. The third kappa shape index (κ3) is 4.93. The number of benzene rings is 2. The summed E-state index contributed by atoms with van der Waals surface area (Å²) in [5, 5.41) is 10.4. The Balaban J connectivity index is 1.27. The highest BCUT2D eigenvalue weighted by Crippen LogP contribution is 2.36. The maximum absolute atomic E-state index is 13.9. The normalized spacial score (nSPS) is 22.3. The fourth-order valence-electron chi connectivity index (χ4n) is 6.35. The number of carbonyl (C=O) groups excluding carboxylic acids is 3. The van der Waals surface area contributed by atoms with Gasteiger partial charge in [-0.15, -0.1) is 0 Å². The Morgan fingerprint density at radius 3 is 2.64 bits per heavy atom. The topological polar surface area (TPSA) is 104 Å². The van der Waals surface area contributed by atoms with Crippen LogP contribution in [-0.4, -0.2) is 69.6 Å². The first-order valence-electron chi connectivity index (χ1n) is 13.8. The third-order valence-corrected chi connectivity index (χ3v) is 8.36. The van der Waals surface area contributed by atoms with Crippen molar-refractivity contribution in [2.24, 2.45) is 5.92 Å². The van der Waals surface area contributed by atoms with Crippen LogP contribution in [0.3, 0.4) is 0 Å². The lowest BCUT2D eigenvalue weighted by atomic mass is 9.81. The zero-order valence-corrected chi connectivity index (χ0v) is 21.8. The Hall–Kier alpha value is -4.01. The van der Waals surface area contributed by atoms with Gasteiger partial charge in [0.15, 0.2) is 5.75 Å². The molecular formula is C30H33N3O6. The number of furan rings is 1. The molecule has 2 aromatic carbocycles. The molecule has 3 fully saturated rings. The predicted molar refractivity (Wildman–Crippen MR) is 143 cm³/mol. The molecule has 0 bridgehead atoms. The van der Waals surface area contributed by atoms with E-state index in [1.807, 2.05) is 35.2 Å². The van der Waals surface area contributed by atoms with Crippen molar-refractivity contribution in [2.45, 2.75) is 57.2 Å². The van der Waals surface area contributed by atoms with Gasteiger partial charge in [-0.2, -0.15) is 0 Å². The van der Waals surface area contributed by atoms with Gasteiger partial charge in [0.1, 0.15) is 29.8 Å². The van der Waals surface area contributed by atoms with Gasteiger partial charge in [-0.3, -0.25) is 14.5 Å². The van der Waals surface area contributed by atoms with E-state index in [0.717, 1.165) is 37.7 Å². The predicted octanol–water partition coefficient (Wildman–Crippen LogP) is 4.53. The van der Waals surface area contributed by atoms with Crippen LogP contribution >= 0.6 is 0 Å². The van der Waals surface area contributed by atoms with Gasteiger partial charge in [0.2, 0.25) is 11.8 Å². The molecule has 1 aromatic heterocycles. The van der Waals surface area contributed by atoms with Gasteiger partial charge in [0, 0.05) is 25.6 Å². The van der Waals surface area contributed by atoms with Crippen LogP contribution in [0.15, 0.2) is 59.2 Å². The third-order valence-electron chi connectivity index (χ3n) is 8.36. The number of nitrogens with zero attached hydrogens (tertiary/aromatic N) is 3. The summed E-state index contributed by atoms with van der Waals surface area (Å²) in [5.41, 5.74) is 1.54. The fourth-order valence-corrected chi connectivity index (χ4v) is 6.35. The minimum absolute atomic E-state index is 0.0132. The molecule has 2 saturated heterocycles. The van der Waals surface area contributed by atoms with Crippen LogP contribution in [0.5, 0.6) is 11.5 Å². The largest absolute Gasteiger partial charge is 0.504 e. The maximum Gasteiger partial charge on any atom is 0.416 e. The monoisotopic (exact) mass is 531 g/mol. The van der Waals surface area contributed by atoms with Crippen molar-refractivity contribution in [2.75, 3.05) is 19.6 Å². The second kappa shape index (κ2) is 10.6. The summed E-state index contributed by atoms with van der Waals surface area (Å²) in [4.78, 5) is 45.9. The molecule has 0 unspecified atom stereocenters. The van der Waals surface area contributed by atoms with Gasteiger partial charge in [-0.1, -0.05) is 49.6 Å². The first-order valence-corrected chi connectivity index (χ1v) is 13.8. The Morgan fingerprint density at radius 2 is 1.85 bits per heavy atom. The highest BCUT2D eigenvalue weighted by Gasteiger charge is 2.51. The smallest absolute Gasteiger partial charge is 0.416 e. The van der Waals surface area contributed by atoms with Crippen molar-refractivity contribution in [3.8, 4) is 11.5 Å². The molecule has 2 atom stereocenters. The van der Waals surface area contributed by atoms with Crippen molar-refractivity contribution < 1.29 is 28.6 Å². The van der Waals surface area contributed by atoms with Crippen LogP contribution in [0.25, 0.3) is 11.0 Å². The van der Waals surface area contributed by atoms with E-state index in [4.69, 9.17) is 9.15 Å². The van der Waals surface area contributed by atoms with Gasteiger partial charge < -0.3 is 24.1 Å². The molecule has 3 heterocycles. The minimum Gasteiger partial charge on any atom is -0.504 e. The highest BCUT2D eigenvalue weighted by molar-refractivity contribution is 5.91. The molecule has 0 spiro atoms. The molecule has 0 radical (unpaired) electrons. The summed E-state index contributed by atoms with van der Waals surface area (Å²) in [6, 6.07) is 14.3. The number of piperazine rings is 1. The lowest BCUT2D eigenvalue weighted by Crippen LogP contribution is -2.73. The van der Waals surface area contributed by atoms with Gasteiger partial charge in [0.05, 0.1) is 11.9 Å². The number of aromatic hydroxyl groups is 1. The standard InChI is InChI=1S/C30H33N3O6/c34-24-19-38-25-17-22(11-12-23(24)25)39-30(37)32-16-14-27(35)33-26(32)18-31(15-13-20-7-3-1-4-8-20)29(36)28(33)21-9-5-2-6-10-21/h1,3-4,7-8,11-12,17,19,21,26,28,34H,2,5-6,9-10,13-16,18H2/t26-,28+/m1/s1. The number of hydrogen-bond acceptors (Lipinski definition) is 6. The molecule has 204 valence electrons. The average molecular weight is 532 g/mol. The average Bonchev–Trinajstić information content (AvgIpc) is 3.33. The molecule has 3 amide bonds. The van der Waals surface area contributed by atoms with Gasteiger partial charge in [-0.25, -0.2) is 4.79 Å². The summed E-state index contributed by atoms with van der Waals surface area (Å²) in [6.07, 6.45) is 5.95. The van der Waals surface area contributed by atoms with Crippen molar-refractivity contribution in [3.05, 3.63) is 60.4 Å². The quantitative estimate of drug-likeness (QED) is 0.519. The first kappa shape index (κ1) is 25.3. The Morgan fingerprint density at radius 1 is 1.05 bits per heavy atom. The molecule has 39 heavy (non-hydrogen) atoms. The summed E-state index contributed by atoms with van der Waals surface area (Å²) < 4.78 is 11.1. The number of fused-ring (bicyclic) bond motifs is 2. The van der Waals surface area contributed by atoms with E-state index < -0.39 is 18.3 Å². The van der Waals surface area contributed by atoms with Crippen molar-refractivity contribution in [1.82, 2.24) is 14.7 Å². The Kier molecular flexibility index (Phi) is 6.89. The molecule has 9 nitrogen and oxygen atoms in total. The lowest BCUT2D eigenvalue weighted by Gasteiger charge is -2.53. The van der Waals surface area contributed by atoms with E-state index >= 15 is 0 Å². The van der Waals surface area contributed by atoms with Crippen LogP contribution < -0.4 is 4.74 Å². The maximum atomic E-state index is 13.9. The second-order valence-electron chi connectivity index (χ2n) is 10.7. The molecule has 9 heteroatoms. The number of amides is 3. The summed E-state index contributed by atoms with van der Waals surface area (Å²) in [5.74, 6) is 0.289. The zero-order valence-electron chi connectivity index (χ0n) is 21.8. The number of ether oxygens (including phenoxy) is 1. The van der Waals surface area contributed by atoms with Crippen LogP contribution in [0.1, 0.15) is 44.1 Å². The first-order chi connectivity index (χ1) is 19.0. The van der Waals surface area contributed by atoms with E-state index in [1.165, 1.54) is 6.26 Å². The highest BCUT2D eigenvalue weighted by atomic mass is 16.6. The molecule has 1 aliphatic carbocycles. The van der Waals surface area contributed by atoms with E-state index in [-0.39, 0.29) is 48.7 Å². The van der Waals surface area contributed by atoms with E-state index in [2.05, 4.69) is 0 Å². The second-order valence-corrected chi connectivity index (χ2v) is 10.7. The number of carbonyl (C=O) groups is 3. The van der Waals surface area contributed by atoms with Crippen molar-refractivity contribution >= 4 is 28.9 Å². The minimum atomic E-state index is -0.587. The van der Waals surface area contributed by atoms with Crippen LogP contribution in [-0.2, 0) is 16.0 Å². The summed E-state index contributed by atoms with van der Waals surface area (Å²) in [7, 11) is 0. The van der Waals surface area contributed by atoms with Gasteiger partial charge >= 0.3 is 6.09 Å². The van der Waals surface area contributed by atoms with Gasteiger partial charge in [0.25, 0.3) is 0 Å². The Bertz CT molecular complexity index is 1370. The van der Waals surface area contributed by atoms with Gasteiger partial charge in [-0.05, 0) is 42.9 Å². The van der Waals surface area contributed by atoms with Crippen LogP contribution in [0.4, 0.5) is 4.79 Å². The molecule has 3 aromatic rings. The Labute approximate surface area is 226 Å². The molecule has 6 rings (SSSR count). The van der Waals surface area contributed by atoms with Crippen molar-refractivity contribution in [3.63, 3.8) is 0 Å². The SMILES string of the molecule is O=C1[C@H](C2CCCCC2)N2C(=O)CCN(C(=O)Oc3ccc4c(O)coc4c3)[C@H]2CN1CCc1ccccc1. The van der Waals surface area contributed by atoms with Crippen LogP contribution in [0, 0.1) is 5.92 Å². The van der Waals surface area contributed by atoms with Crippen molar-refractivity contribution in [1.29, 1.82) is 0 Å². The lowest BCUT2D eigenvalue weighted by molar-refractivity contribution is -0.171. The number of hydrogen-bond donors (Lipinski definition) is 1. The molecule has 1 N–H and O–H groups in total. The molecule has 1 saturated carbocycles. The van der Waals surface area contributed by atoms with E-state index in [1.54, 1.807) is 28.0 Å². The summed E-state index contributed by atoms with van der Waals surface area (Å²) in [6.45, 7) is 0.994. The number of rotatable bonds is 5.